The minimum Gasteiger partial charge on any atom is -0.486 e. The van der Waals surface area contributed by atoms with E-state index in [0.717, 1.165) is 0 Å². The molecule has 8 heteroatoms. The maximum atomic E-state index is 13.0. The van der Waals surface area contributed by atoms with Crippen LogP contribution in [0.5, 0.6) is 11.5 Å². The fraction of sp³-hybridized carbons (Fsp3) is 0.300. The molecule has 0 amide bonds. The van der Waals surface area contributed by atoms with Gasteiger partial charge < -0.3 is 19.3 Å². The van der Waals surface area contributed by atoms with Gasteiger partial charge >= 0.3 is 11.7 Å². The number of carboxylic acids is 1. The molecule has 1 aliphatic heterocycles. The van der Waals surface area contributed by atoms with Gasteiger partial charge in [0.25, 0.3) is 0 Å². The lowest BCUT2D eigenvalue weighted by molar-refractivity contribution is 0.0697. The number of nitrogens with zero attached hydrogens (tertiary/aromatic N) is 2. The molecule has 3 aromatic rings. The van der Waals surface area contributed by atoms with Crippen LogP contribution >= 0.6 is 0 Å². The number of rotatable bonds is 6. The molecule has 1 aromatic heterocycles. The summed E-state index contributed by atoms with van der Waals surface area (Å²) in [5.74, 6) is 0.250. The Bertz CT molecular complexity index is 1080. The number of ether oxygens (including phenoxy) is 3. The Hall–Kier alpha value is -3.26. The highest BCUT2D eigenvalue weighted by molar-refractivity contribution is 5.92. The number of imidazole rings is 1. The number of benzene rings is 2. The van der Waals surface area contributed by atoms with Gasteiger partial charge in [-0.1, -0.05) is 12.1 Å². The number of aromatic carboxylic acids is 1. The summed E-state index contributed by atoms with van der Waals surface area (Å²) in [7, 11) is 1.57. The van der Waals surface area contributed by atoms with Crippen molar-refractivity contribution in [2.24, 2.45) is 0 Å². The van der Waals surface area contributed by atoms with Crippen LogP contribution in [0.2, 0.25) is 0 Å². The molecule has 1 atom stereocenters. The van der Waals surface area contributed by atoms with Crippen molar-refractivity contribution in [3.63, 3.8) is 0 Å². The molecular formula is C20H20N2O6. The SMILES string of the molecule is COCCn1c(=O)n(C[C@@H]2COc3ccccc3O2)c2cc(C(=O)O)ccc21. The highest BCUT2D eigenvalue weighted by atomic mass is 16.6. The van der Waals surface area contributed by atoms with Gasteiger partial charge in [0.15, 0.2) is 17.6 Å². The van der Waals surface area contributed by atoms with Gasteiger partial charge in [-0.15, -0.1) is 0 Å². The molecule has 28 heavy (non-hydrogen) atoms. The molecule has 2 heterocycles. The minimum atomic E-state index is -1.04. The second kappa shape index (κ2) is 7.40. The highest BCUT2D eigenvalue weighted by Crippen LogP contribution is 2.31. The zero-order chi connectivity index (χ0) is 19.7. The van der Waals surface area contributed by atoms with Gasteiger partial charge in [0.1, 0.15) is 6.61 Å². The first-order chi connectivity index (χ1) is 13.6. The Morgan fingerprint density at radius 2 is 1.96 bits per heavy atom. The van der Waals surface area contributed by atoms with Crippen molar-refractivity contribution >= 4 is 17.0 Å². The molecule has 4 rings (SSSR count). The largest absolute Gasteiger partial charge is 0.486 e. The second-order valence-corrected chi connectivity index (χ2v) is 6.54. The van der Waals surface area contributed by atoms with E-state index in [1.807, 2.05) is 24.3 Å². The van der Waals surface area contributed by atoms with E-state index in [1.54, 1.807) is 22.3 Å². The molecular weight excluding hydrogens is 364 g/mol. The average molecular weight is 384 g/mol. The topological polar surface area (TPSA) is 91.9 Å². The Morgan fingerprint density at radius 1 is 1.18 bits per heavy atom. The third kappa shape index (κ3) is 3.22. The van der Waals surface area contributed by atoms with Crippen molar-refractivity contribution in [2.75, 3.05) is 20.3 Å². The third-order valence-corrected chi connectivity index (χ3v) is 4.74. The van der Waals surface area contributed by atoms with Crippen molar-refractivity contribution < 1.29 is 24.1 Å². The molecule has 0 unspecified atom stereocenters. The average Bonchev–Trinajstić information content (AvgIpc) is 2.97. The smallest absolute Gasteiger partial charge is 0.335 e. The lowest BCUT2D eigenvalue weighted by Gasteiger charge is -2.26. The quantitative estimate of drug-likeness (QED) is 0.699. The Balaban J connectivity index is 1.73. The number of carbonyl (C=O) groups is 1. The predicted molar refractivity (Wildman–Crippen MR) is 101 cm³/mol. The fourth-order valence-corrected chi connectivity index (χ4v) is 3.38. The van der Waals surface area contributed by atoms with Gasteiger partial charge in [0.2, 0.25) is 0 Å². The van der Waals surface area contributed by atoms with Crippen LogP contribution in [0.15, 0.2) is 47.3 Å². The van der Waals surface area contributed by atoms with Gasteiger partial charge in [-0.2, -0.15) is 0 Å². The molecule has 146 valence electrons. The summed E-state index contributed by atoms with van der Waals surface area (Å²) in [6, 6.07) is 12.0. The highest BCUT2D eigenvalue weighted by Gasteiger charge is 2.24. The van der Waals surface area contributed by atoms with Crippen molar-refractivity contribution in [1.29, 1.82) is 0 Å². The van der Waals surface area contributed by atoms with E-state index in [9.17, 15) is 14.7 Å². The number of fused-ring (bicyclic) bond motifs is 2. The van der Waals surface area contributed by atoms with Crippen LogP contribution in [0.1, 0.15) is 10.4 Å². The third-order valence-electron chi connectivity index (χ3n) is 4.74. The molecule has 8 nitrogen and oxygen atoms in total. The van der Waals surface area contributed by atoms with Crippen molar-refractivity contribution in [1.82, 2.24) is 9.13 Å². The van der Waals surface area contributed by atoms with Crippen LogP contribution in [0, 0.1) is 0 Å². The summed E-state index contributed by atoms with van der Waals surface area (Å²) < 4.78 is 19.9. The van der Waals surface area contributed by atoms with E-state index in [0.29, 0.717) is 42.3 Å². The maximum absolute atomic E-state index is 13.0. The molecule has 1 aliphatic rings. The summed E-state index contributed by atoms with van der Waals surface area (Å²) in [6.45, 7) is 1.28. The number of hydrogen-bond acceptors (Lipinski definition) is 5. The first-order valence-electron chi connectivity index (χ1n) is 8.92. The Kier molecular flexibility index (Phi) is 4.79. The van der Waals surface area contributed by atoms with E-state index in [4.69, 9.17) is 14.2 Å². The van der Waals surface area contributed by atoms with E-state index in [1.165, 1.54) is 12.1 Å². The normalized spacial score (nSPS) is 15.7. The molecule has 0 saturated carbocycles. The number of aromatic nitrogens is 2. The Morgan fingerprint density at radius 3 is 2.71 bits per heavy atom. The Labute approximate surface area is 160 Å². The fourth-order valence-electron chi connectivity index (χ4n) is 3.38. The van der Waals surface area contributed by atoms with Crippen LogP contribution in [-0.2, 0) is 17.8 Å². The number of carboxylic acid groups (broad SMARTS) is 1. The van der Waals surface area contributed by atoms with E-state index in [2.05, 4.69) is 0 Å². The van der Waals surface area contributed by atoms with Crippen LogP contribution in [0.4, 0.5) is 0 Å². The summed E-state index contributed by atoms with van der Waals surface area (Å²) in [4.78, 5) is 24.4. The lowest BCUT2D eigenvalue weighted by Crippen LogP contribution is -2.37. The lowest BCUT2D eigenvalue weighted by atomic mass is 10.2. The van der Waals surface area contributed by atoms with Crippen LogP contribution in [0.3, 0.4) is 0 Å². The van der Waals surface area contributed by atoms with E-state index < -0.39 is 5.97 Å². The van der Waals surface area contributed by atoms with Gasteiger partial charge in [0, 0.05) is 7.11 Å². The number of hydrogen-bond donors (Lipinski definition) is 1. The molecule has 0 aliphatic carbocycles. The summed E-state index contributed by atoms with van der Waals surface area (Å²) in [5, 5.41) is 9.32. The number of para-hydroxylation sites is 2. The summed E-state index contributed by atoms with van der Waals surface area (Å²) in [6.07, 6.45) is -0.373. The first-order valence-corrected chi connectivity index (χ1v) is 8.92. The van der Waals surface area contributed by atoms with Gasteiger partial charge in [-0.05, 0) is 30.3 Å². The second-order valence-electron chi connectivity index (χ2n) is 6.54. The van der Waals surface area contributed by atoms with Crippen LogP contribution in [-0.4, -0.2) is 46.6 Å². The first kappa shape index (κ1) is 18.1. The molecule has 2 aromatic carbocycles. The standard InChI is InChI=1S/C20H20N2O6/c1-26-9-8-21-15-7-6-13(19(23)24)10-16(15)22(20(21)25)11-14-12-27-17-4-2-3-5-18(17)28-14/h2-7,10,14H,8-9,11-12H2,1H3,(H,23,24)/t14-/m1/s1. The minimum absolute atomic E-state index is 0.122. The van der Waals surface area contributed by atoms with Gasteiger partial charge in [-0.3, -0.25) is 9.13 Å². The van der Waals surface area contributed by atoms with Crippen LogP contribution < -0.4 is 15.2 Å². The summed E-state index contributed by atoms with van der Waals surface area (Å²) in [5.41, 5.74) is 1.08. The van der Waals surface area contributed by atoms with Crippen LogP contribution in [0.25, 0.3) is 11.0 Å². The maximum Gasteiger partial charge on any atom is 0.335 e. The molecule has 0 bridgehead atoms. The van der Waals surface area contributed by atoms with Gasteiger partial charge in [-0.25, -0.2) is 9.59 Å². The van der Waals surface area contributed by atoms with Gasteiger partial charge in [0.05, 0.1) is 36.3 Å². The monoisotopic (exact) mass is 384 g/mol. The zero-order valence-electron chi connectivity index (χ0n) is 15.3. The number of methoxy groups -OCH3 is 1. The molecule has 0 spiro atoms. The molecule has 0 fully saturated rings. The molecule has 0 radical (unpaired) electrons. The van der Waals surface area contributed by atoms with Crippen molar-refractivity contribution in [3.8, 4) is 11.5 Å². The summed E-state index contributed by atoms with van der Waals surface area (Å²) >= 11 is 0. The zero-order valence-corrected chi connectivity index (χ0v) is 15.3. The van der Waals surface area contributed by atoms with Crippen molar-refractivity contribution in [2.45, 2.75) is 19.2 Å². The van der Waals surface area contributed by atoms with E-state index in [-0.39, 0.29) is 23.9 Å². The molecule has 0 saturated heterocycles. The predicted octanol–water partition coefficient (Wildman–Crippen LogP) is 1.99. The van der Waals surface area contributed by atoms with Crippen molar-refractivity contribution in [3.05, 3.63) is 58.5 Å². The molecule has 1 N–H and O–H groups in total. The van der Waals surface area contributed by atoms with E-state index >= 15 is 0 Å².